The van der Waals surface area contributed by atoms with Gasteiger partial charge in [0.25, 0.3) is 5.91 Å². The topological polar surface area (TPSA) is 70.1 Å². The monoisotopic (exact) mass is 436 g/mol. The maximum absolute atomic E-state index is 13.0. The fourth-order valence-corrected chi connectivity index (χ4v) is 3.22. The fraction of sp³-hybridized carbons (Fsp3) is 0.280. The highest BCUT2D eigenvalue weighted by molar-refractivity contribution is 5.94. The minimum Gasteiger partial charge on any atom is -0.493 e. The van der Waals surface area contributed by atoms with Crippen LogP contribution in [0.3, 0.4) is 0 Å². The summed E-state index contributed by atoms with van der Waals surface area (Å²) in [6.45, 7) is 3.13. The highest BCUT2D eigenvalue weighted by atomic mass is 16.5. The Hall–Kier alpha value is -3.74. The SMILES string of the molecule is CCOc1cc(C(=O)N(C)Cc2ccc(OC)c(OC)c2)ccc1OCc1cccnc1. The van der Waals surface area contributed by atoms with Gasteiger partial charge in [-0.05, 0) is 48.9 Å². The zero-order valence-electron chi connectivity index (χ0n) is 18.8. The van der Waals surface area contributed by atoms with Gasteiger partial charge in [-0.25, -0.2) is 0 Å². The number of ether oxygens (including phenoxy) is 4. The second kappa shape index (κ2) is 11.0. The van der Waals surface area contributed by atoms with Gasteiger partial charge in [0.15, 0.2) is 23.0 Å². The Balaban J connectivity index is 1.73. The van der Waals surface area contributed by atoms with E-state index in [1.807, 2.05) is 37.3 Å². The van der Waals surface area contributed by atoms with Crippen molar-refractivity contribution in [3.8, 4) is 23.0 Å². The minimum atomic E-state index is -0.125. The van der Waals surface area contributed by atoms with Crippen LogP contribution in [0, 0.1) is 0 Å². The first-order chi connectivity index (χ1) is 15.5. The van der Waals surface area contributed by atoms with Crippen LogP contribution in [0.1, 0.15) is 28.4 Å². The smallest absolute Gasteiger partial charge is 0.254 e. The van der Waals surface area contributed by atoms with Crippen molar-refractivity contribution < 1.29 is 23.7 Å². The van der Waals surface area contributed by atoms with Gasteiger partial charge >= 0.3 is 0 Å². The third-order valence-electron chi connectivity index (χ3n) is 4.82. The molecule has 3 rings (SSSR count). The molecule has 2 aromatic carbocycles. The first-order valence-electron chi connectivity index (χ1n) is 10.3. The van der Waals surface area contributed by atoms with Gasteiger partial charge in [-0.3, -0.25) is 9.78 Å². The lowest BCUT2D eigenvalue weighted by atomic mass is 10.1. The fourth-order valence-electron chi connectivity index (χ4n) is 3.22. The van der Waals surface area contributed by atoms with Crippen LogP contribution < -0.4 is 18.9 Å². The minimum absolute atomic E-state index is 0.125. The quantitative estimate of drug-likeness (QED) is 0.471. The lowest BCUT2D eigenvalue weighted by molar-refractivity contribution is 0.0784. The highest BCUT2D eigenvalue weighted by Gasteiger charge is 2.16. The number of methoxy groups -OCH3 is 2. The summed E-state index contributed by atoms with van der Waals surface area (Å²) in [6.07, 6.45) is 3.47. The zero-order valence-corrected chi connectivity index (χ0v) is 18.8. The molecular weight excluding hydrogens is 408 g/mol. The predicted octanol–water partition coefficient (Wildman–Crippen LogP) is 4.35. The van der Waals surface area contributed by atoms with E-state index in [1.165, 1.54) is 0 Å². The van der Waals surface area contributed by atoms with Crippen molar-refractivity contribution in [1.29, 1.82) is 0 Å². The van der Waals surface area contributed by atoms with Crippen molar-refractivity contribution in [2.75, 3.05) is 27.9 Å². The largest absolute Gasteiger partial charge is 0.493 e. The molecule has 0 aliphatic carbocycles. The van der Waals surface area contributed by atoms with Crippen LogP contribution >= 0.6 is 0 Å². The molecule has 1 amide bonds. The number of hydrogen-bond acceptors (Lipinski definition) is 6. The second-order valence-corrected chi connectivity index (χ2v) is 7.10. The Morgan fingerprint density at radius 3 is 2.38 bits per heavy atom. The Bertz CT molecular complexity index is 1040. The molecule has 0 N–H and O–H groups in total. The Kier molecular flexibility index (Phi) is 7.91. The molecule has 0 bridgehead atoms. The number of aromatic nitrogens is 1. The van der Waals surface area contributed by atoms with Crippen molar-refractivity contribution in [1.82, 2.24) is 9.88 Å². The number of amides is 1. The van der Waals surface area contributed by atoms with Crippen LogP contribution in [0.25, 0.3) is 0 Å². The molecule has 0 saturated heterocycles. The Labute approximate surface area is 188 Å². The van der Waals surface area contributed by atoms with Gasteiger partial charge in [0.1, 0.15) is 6.61 Å². The van der Waals surface area contributed by atoms with E-state index in [-0.39, 0.29) is 5.91 Å². The molecule has 0 atom stereocenters. The molecule has 1 heterocycles. The average Bonchev–Trinajstić information content (AvgIpc) is 2.83. The van der Waals surface area contributed by atoms with Crippen LogP contribution in [0.15, 0.2) is 60.9 Å². The normalized spacial score (nSPS) is 10.4. The van der Waals surface area contributed by atoms with Gasteiger partial charge in [-0.2, -0.15) is 0 Å². The summed E-state index contributed by atoms with van der Waals surface area (Å²) in [5.74, 6) is 2.25. The van der Waals surface area contributed by atoms with Crippen molar-refractivity contribution in [2.45, 2.75) is 20.1 Å². The number of benzene rings is 2. The van der Waals surface area contributed by atoms with Gasteiger partial charge in [0, 0.05) is 37.1 Å². The van der Waals surface area contributed by atoms with E-state index in [0.29, 0.717) is 48.3 Å². The summed E-state index contributed by atoms with van der Waals surface area (Å²) in [6, 6.07) is 14.6. The van der Waals surface area contributed by atoms with Crippen LogP contribution in [0.5, 0.6) is 23.0 Å². The molecule has 0 spiro atoms. The molecule has 7 heteroatoms. The van der Waals surface area contributed by atoms with Gasteiger partial charge in [0.05, 0.1) is 20.8 Å². The molecular formula is C25H28N2O5. The van der Waals surface area contributed by atoms with Crippen LogP contribution in [-0.2, 0) is 13.2 Å². The second-order valence-electron chi connectivity index (χ2n) is 7.10. The maximum atomic E-state index is 13.0. The lowest BCUT2D eigenvalue weighted by Gasteiger charge is -2.19. The standard InChI is InChI=1S/C25H28N2O5/c1-5-31-24-14-20(9-11-22(24)32-17-19-7-6-12-26-15-19)25(28)27(2)16-18-8-10-21(29-3)23(13-18)30-4/h6-15H,5,16-17H2,1-4H3. The summed E-state index contributed by atoms with van der Waals surface area (Å²) in [5.41, 5.74) is 2.40. The van der Waals surface area contributed by atoms with E-state index in [1.54, 1.807) is 56.8 Å². The van der Waals surface area contributed by atoms with Crippen LogP contribution in [0.2, 0.25) is 0 Å². The van der Waals surface area contributed by atoms with Gasteiger partial charge in [0.2, 0.25) is 0 Å². The van der Waals surface area contributed by atoms with Gasteiger partial charge in [-0.15, -0.1) is 0 Å². The summed E-state index contributed by atoms with van der Waals surface area (Å²) in [7, 11) is 4.93. The summed E-state index contributed by atoms with van der Waals surface area (Å²) in [5, 5.41) is 0. The van der Waals surface area contributed by atoms with Crippen molar-refractivity contribution in [2.24, 2.45) is 0 Å². The van der Waals surface area contributed by atoms with E-state index in [4.69, 9.17) is 18.9 Å². The van der Waals surface area contributed by atoms with Crippen molar-refractivity contribution in [3.63, 3.8) is 0 Å². The van der Waals surface area contributed by atoms with Crippen LogP contribution in [0.4, 0.5) is 0 Å². The van der Waals surface area contributed by atoms with E-state index < -0.39 is 0 Å². The maximum Gasteiger partial charge on any atom is 0.254 e. The number of pyridine rings is 1. The van der Waals surface area contributed by atoms with E-state index in [9.17, 15) is 4.79 Å². The summed E-state index contributed by atoms with van der Waals surface area (Å²) < 4.78 is 22.3. The molecule has 0 aliphatic heterocycles. The molecule has 168 valence electrons. The third-order valence-corrected chi connectivity index (χ3v) is 4.82. The number of carbonyl (C=O) groups is 1. The number of carbonyl (C=O) groups excluding carboxylic acids is 1. The molecule has 0 unspecified atom stereocenters. The molecule has 0 saturated carbocycles. The number of nitrogens with zero attached hydrogens (tertiary/aromatic N) is 2. The molecule has 1 aromatic heterocycles. The first kappa shape index (κ1) is 22.9. The molecule has 7 nitrogen and oxygen atoms in total. The van der Waals surface area contributed by atoms with E-state index >= 15 is 0 Å². The van der Waals surface area contributed by atoms with E-state index in [2.05, 4.69) is 4.98 Å². The van der Waals surface area contributed by atoms with E-state index in [0.717, 1.165) is 11.1 Å². The molecule has 32 heavy (non-hydrogen) atoms. The third kappa shape index (κ3) is 5.69. The molecule has 0 radical (unpaired) electrons. The molecule has 0 aliphatic rings. The van der Waals surface area contributed by atoms with Gasteiger partial charge in [-0.1, -0.05) is 12.1 Å². The van der Waals surface area contributed by atoms with Crippen LogP contribution in [-0.4, -0.2) is 43.7 Å². The predicted molar refractivity (Wildman–Crippen MR) is 122 cm³/mol. The lowest BCUT2D eigenvalue weighted by Crippen LogP contribution is -2.26. The van der Waals surface area contributed by atoms with Gasteiger partial charge < -0.3 is 23.8 Å². The highest BCUT2D eigenvalue weighted by Crippen LogP contribution is 2.31. The number of hydrogen-bond donors (Lipinski definition) is 0. The van der Waals surface area contributed by atoms with Crippen molar-refractivity contribution in [3.05, 3.63) is 77.6 Å². The zero-order chi connectivity index (χ0) is 22.9. The summed E-state index contributed by atoms with van der Waals surface area (Å²) >= 11 is 0. The first-order valence-corrected chi connectivity index (χ1v) is 10.3. The Morgan fingerprint density at radius 2 is 1.69 bits per heavy atom. The van der Waals surface area contributed by atoms with Crippen molar-refractivity contribution >= 4 is 5.91 Å². The molecule has 0 fully saturated rings. The molecule has 3 aromatic rings. The number of rotatable bonds is 10. The summed E-state index contributed by atoms with van der Waals surface area (Å²) in [4.78, 5) is 18.8. The average molecular weight is 437 g/mol. The Morgan fingerprint density at radius 1 is 0.906 bits per heavy atom.